The molecule has 3 atom stereocenters. The van der Waals surface area contributed by atoms with E-state index < -0.39 is 88.0 Å². The van der Waals surface area contributed by atoms with Crippen molar-refractivity contribution in [3.63, 3.8) is 0 Å². The first kappa shape index (κ1) is 40.1. The average molecular weight is 835 g/mol. The van der Waals surface area contributed by atoms with Gasteiger partial charge in [-0.25, -0.2) is 23.0 Å². The normalized spacial score (nSPS) is 17.9. The van der Waals surface area contributed by atoms with Crippen LogP contribution in [0.15, 0.2) is 47.5 Å². The SMILES string of the molecule is Cn1nc(N([O-])S(C)=O)c2c(Cl)ccc(-c3ccc(C#CC(C)(C)O)nc3C(Cc3cc(F)cc(F)c3)=NC(=O)Cn3nc(C(F)(F)F)c4c3C(F)(F)[C@@H]3C[C@H]43)c21. The van der Waals surface area contributed by atoms with Gasteiger partial charge in [0.25, 0.3) is 11.8 Å². The number of fused-ring (bicyclic) bond motifs is 4. The maximum Gasteiger partial charge on any atom is 0.435 e. The summed E-state index contributed by atoms with van der Waals surface area (Å²) in [4.78, 5) is 22.5. The summed E-state index contributed by atoms with van der Waals surface area (Å²) in [6.45, 7) is 1.62. The number of aryl methyl sites for hydroxylation is 1. The molecule has 2 aromatic carbocycles. The van der Waals surface area contributed by atoms with Crippen LogP contribution < -0.4 is 4.47 Å². The molecule has 1 amide bonds. The number of carbonyl (C=O) groups is 1. The van der Waals surface area contributed by atoms with E-state index in [1.807, 2.05) is 0 Å². The van der Waals surface area contributed by atoms with E-state index >= 15 is 8.78 Å². The number of aliphatic hydroxyl groups is 1. The largest absolute Gasteiger partial charge is 0.745 e. The Morgan fingerprint density at radius 3 is 2.42 bits per heavy atom. The molecule has 57 heavy (non-hydrogen) atoms. The number of hydrogen-bond acceptors (Lipinski definition) is 7. The summed E-state index contributed by atoms with van der Waals surface area (Å²) >= 11 is 6.53. The molecule has 20 heteroatoms. The number of amides is 1. The Kier molecular flexibility index (Phi) is 9.87. The van der Waals surface area contributed by atoms with Crippen molar-refractivity contribution in [2.24, 2.45) is 18.0 Å². The molecule has 1 unspecified atom stereocenters. The van der Waals surface area contributed by atoms with E-state index in [9.17, 15) is 41.3 Å². The van der Waals surface area contributed by atoms with Gasteiger partial charge in [0.05, 0.1) is 27.3 Å². The Morgan fingerprint density at radius 2 is 1.79 bits per heavy atom. The summed E-state index contributed by atoms with van der Waals surface area (Å²) in [5.74, 6) is -4.46. The Balaban J connectivity index is 1.45. The number of alkyl halides is 5. The Morgan fingerprint density at radius 1 is 1.12 bits per heavy atom. The highest BCUT2D eigenvalue weighted by molar-refractivity contribution is 7.85. The topological polar surface area (TPSA) is 142 Å². The molecule has 2 aliphatic carbocycles. The van der Waals surface area contributed by atoms with E-state index in [1.165, 1.54) is 49.8 Å². The second-order valence-corrected chi connectivity index (χ2v) is 15.7. The van der Waals surface area contributed by atoms with Crippen molar-refractivity contribution in [3.8, 4) is 23.0 Å². The first-order chi connectivity index (χ1) is 26.5. The van der Waals surface area contributed by atoms with Crippen LogP contribution in [0.1, 0.15) is 60.1 Å². The third kappa shape index (κ3) is 7.54. The Hall–Kier alpha value is -5.16. The van der Waals surface area contributed by atoms with Crippen molar-refractivity contribution in [3.05, 3.63) is 98.2 Å². The molecule has 0 spiro atoms. The molecule has 0 saturated heterocycles. The van der Waals surface area contributed by atoms with Crippen molar-refractivity contribution in [2.75, 3.05) is 10.7 Å². The van der Waals surface area contributed by atoms with Gasteiger partial charge in [0.1, 0.15) is 46.2 Å². The second-order valence-electron chi connectivity index (χ2n) is 14.1. The van der Waals surface area contributed by atoms with Gasteiger partial charge in [-0.05, 0) is 68.0 Å². The molecule has 2 aliphatic rings. The summed E-state index contributed by atoms with van der Waals surface area (Å²) in [5.41, 5.74) is -4.80. The molecule has 1 fully saturated rings. The summed E-state index contributed by atoms with van der Waals surface area (Å²) < 4.78 is 116. The highest BCUT2D eigenvalue weighted by Crippen LogP contribution is 2.68. The van der Waals surface area contributed by atoms with Gasteiger partial charge in [-0.1, -0.05) is 23.6 Å². The molecule has 11 nitrogen and oxygen atoms in total. The van der Waals surface area contributed by atoms with E-state index in [0.717, 1.165) is 18.4 Å². The summed E-state index contributed by atoms with van der Waals surface area (Å²) in [7, 11) is -0.627. The van der Waals surface area contributed by atoms with Gasteiger partial charge in [-0.3, -0.25) is 14.2 Å². The first-order valence-corrected chi connectivity index (χ1v) is 18.8. The zero-order valence-electron chi connectivity index (χ0n) is 30.1. The highest BCUT2D eigenvalue weighted by atomic mass is 35.5. The Bertz CT molecular complexity index is 2600. The zero-order chi connectivity index (χ0) is 41.5. The Labute approximate surface area is 326 Å². The van der Waals surface area contributed by atoms with E-state index in [-0.39, 0.29) is 66.4 Å². The standard InChI is InChI=1S/C37H28ClF7N7O4S/c1-35(2,54)10-9-20-5-6-21(22-7-8-25(38)29-31(22)50(3)49-34(29)52(55)57(4)56)30(46-20)26(13-17-11-18(39)14-19(40)12-17)47-27(53)16-51-33-28(32(48-51)37(43,44)45)23-15-24(23)36(33,41)42/h5-8,11-12,14,23-24,54H,13,15-16H2,1-4H3/q-1/t23-,24+,57?/m0/s1. The van der Waals surface area contributed by atoms with Crippen molar-refractivity contribution in [1.29, 1.82) is 0 Å². The number of aliphatic imine (C=N–C) groups is 1. The van der Waals surface area contributed by atoms with E-state index in [1.54, 1.807) is 0 Å². The van der Waals surface area contributed by atoms with E-state index in [2.05, 4.69) is 32.0 Å². The number of aromatic nitrogens is 5. The van der Waals surface area contributed by atoms with Crippen LogP contribution in [-0.2, 0) is 47.9 Å². The second kappa shape index (κ2) is 14.0. The van der Waals surface area contributed by atoms with Crippen LogP contribution in [0.5, 0.6) is 0 Å². The minimum absolute atomic E-state index is 0.0111. The van der Waals surface area contributed by atoms with Gasteiger partial charge in [0.2, 0.25) is 0 Å². The van der Waals surface area contributed by atoms with Crippen LogP contribution in [0.3, 0.4) is 0 Å². The van der Waals surface area contributed by atoms with Crippen molar-refractivity contribution >= 4 is 50.9 Å². The molecule has 0 bridgehead atoms. The molecule has 3 heterocycles. The zero-order valence-corrected chi connectivity index (χ0v) is 31.6. The van der Waals surface area contributed by atoms with Gasteiger partial charge in [-0.15, -0.1) is 0 Å². The smallest absolute Gasteiger partial charge is 0.435 e. The quantitative estimate of drug-likeness (QED) is 0.0771. The molecule has 3 aromatic heterocycles. The molecular weight excluding hydrogens is 807 g/mol. The average Bonchev–Trinajstić information content (AvgIpc) is 3.62. The third-order valence-electron chi connectivity index (χ3n) is 9.32. The minimum atomic E-state index is -5.10. The van der Waals surface area contributed by atoms with Crippen LogP contribution in [0.2, 0.25) is 5.02 Å². The number of hydrogen-bond donors (Lipinski definition) is 1. The predicted molar refractivity (Wildman–Crippen MR) is 196 cm³/mol. The lowest BCUT2D eigenvalue weighted by Gasteiger charge is -2.24. The fraction of sp³-hybridized carbons (Fsp3) is 0.324. The number of nitrogens with zero attached hydrogens (tertiary/aromatic N) is 7. The van der Waals surface area contributed by atoms with Crippen LogP contribution in [0, 0.1) is 34.6 Å². The number of anilines is 1. The monoisotopic (exact) mass is 834 g/mol. The maximum atomic E-state index is 15.4. The molecule has 0 radical (unpaired) electrons. The lowest BCUT2D eigenvalue weighted by Crippen LogP contribution is -2.23. The molecule has 5 aromatic rings. The summed E-state index contributed by atoms with van der Waals surface area (Å²) in [6, 6.07) is 8.25. The predicted octanol–water partition coefficient (Wildman–Crippen LogP) is 6.97. The molecule has 0 aliphatic heterocycles. The maximum absolute atomic E-state index is 15.4. The van der Waals surface area contributed by atoms with Crippen molar-refractivity contribution in [2.45, 2.75) is 56.9 Å². The number of benzene rings is 2. The van der Waals surface area contributed by atoms with Crippen molar-refractivity contribution in [1.82, 2.24) is 24.5 Å². The third-order valence-corrected chi connectivity index (χ3v) is 10.3. The van der Waals surface area contributed by atoms with Crippen molar-refractivity contribution < 1.29 is 44.8 Å². The highest BCUT2D eigenvalue weighted by Gasteiger charge is 2.68. The van der Waals surface area contributed by atoms with E-state index in [0.29, 0.717) is 10.7 Å². The number of halogens is 8. The van der Waals surface area contributed by atoms with Gasteiger partial charge in [-0.2, -0.15) is 32.1 Å². The number of pyridine rings is 1. The first-order valence-electron chi connectivity index (χ1n) is 16.9. The fourth-order valence-electron chi connectivity index (χ4n) is 7.00. The van der Waals surface area contributed by atoms with E-state index in [4.69, 9.17) is 11.6 Å². The molecule has 298 valence electrons. The molecular formula is C37H28ClF7N7O4S-. The minimum Gasteiger partial charge on any atom is -0.745 e. The molecule has 7 rings (SSSR count). The number of rotatable bonds is 8. The fourth-order valence-corrected chi connectivity index (χ4v) is 7.61. The van der Waals surface area contributed by atoms with Gasteiger partial charge in [0.15, 0.2) is 11.5 Å². The van der Waals surface area contributed by atoms with Crippen LogP contribution in [-0.4, -0.2) is 57.3 Å². The van der Waals surface area contributed by atoms with Crippen LogP contribution in [0.4, 0.5) is 36.6 Å². The lowest BCUT2D eigenvalue weighted by molar-refractivity contribution is -0.142. The summed E-state index contributed by atoms with van der Waals surface area (Å²) in [5, 5.41) is 30.9. The molecule has 1 saturated carbocycles. The number of carbonyl (C=O) groups excluding carboxylic acids is 1. The van der Waals surface area contributed by atoms with Gasteiger partial charge in [0, 0.05) is 48.4 Å². The summed E-state index contributed by atoms with van der Waals surface area (Å²) in [6.07, 6.45) is -4.70. The lowest BCUT2D eigenvalue weighted by atomic mass is 9.95. The van der Waals surface area contributed by atoms with Gasteiger partial charge >= 0.3 is 6.18 Å². The van der Waals surface area contributed by atoms with Gasteiger partial charge < -0.3 is 14.8 Å². The molecule has 1 N–H and O–H groups in total. The van der Waals surface area contributed by atoms with Crippen LogP contribution >= 0.6 is 11.6 Å². The van der Waals surface area contributed by atoms with Crippen LogP contribution in [0.25, 0.3) is 22.0 Å².